The van der Waals surface area contributed by atoms with E-state index < -0.39 is 0 Å². The molecule has 2 heterocycles. The number of benzene rings is 1. The number of rotatable bonds is 5. The van der Waals surface area contributed by atoms with Gasteiger partial charge in [-0.3, -0.25) is 4.79 Å². The highest BCUT2D eigenvalue weighted by Crippen LogP contribution is 2.25. The van der Waals surface area contributed by atoms with Crippen molar-refractivity contribution in [3.8, 4) is 11.3 Å². The lowest BCUT2D eigenvalue weighted by Crippen LogP contribution is -2.24. The van der Waals surface area contributed by atoms with Gasteiger partial charge in [0.1, 0.15) is 5.01 Å². The Labute approximate surface area is 142 Å². The molecule has 116 valence electrons. The molecule has 6 heteroatoms. The maximum atomic E-state index is 12.0. The molecule has 0 unspecified atom stereocenters. The van der Waals surface area contributed by atoms with Gasteiger partial charge in [0.2, 0.25) is 5.91 Å². The van der Waals surface area contributed by atoms with Crippen molar-refractivity contribution in [3.63, 3.8) is 0 Å². The topological polar surface area (TPSA) is 54.9 Å². The van der Waals surface area contributed by atoms with Crippen molar-refractivity contribution in [2.45, 2.75) is 13.0 Å². The lowest BCUT2D eigenvalue weighted by Gasteiger charge is -2.08. The third kappa shape index (κ3) is 4.12. The first-order chi connectivity index (χ1) is 11.2. The highest BCUT2D eigenvalue weighted by Gasteiger charge is 2.12. The van der Waals surface area contributed by atoms with Crippen molar-refractivity contribution in [2.24, 2.45) is 0 Å². The van der Waals surface area contributed by atoms with Gasteiger partial charge in [-0.25, -0.2) is 9.97 Å². The summed E-state index contributed by atoms with van der Waals surface area (Å²) in [5, 5.41) is 7.71. The lowest BCUT2D eigenvalue weighted by atomic mass is 10.2. The SMILES string of the molecule is C[C@H](NC(=O)/C=C\c1cscn1)c1nc(-c2ccccc2)cs1. The maximum Gasteiger partial charge on any atom is 0.244 e. The molecule has 2 aromatic heterocycles. The van der Waals surface area contributed by atoms with Gasteiger partial charge in [-0.2, -0.15) is 0 Å². The van der Waals surface area contributed by atoms with E-state index in [-0.39, 0.29) is 11.9 Å². The molecule has 0 saturated carbocycles. The number of carbonyl (C=O) groups is 1. The van der Waals surface area contributed by atoms with E-state index in [0.717, 1.165) is 22.0 Å². The van der Waals surface area contributed by atoms with Gasteiger partial charge in [0.05, 0.1) is 22.9 Å². The molecule has 0 bridgehead atoms. The smallest absolute Gasteiger partial charge is 0.244 e. The molecule has 4 nitrogen and oxygen atoms in total. The molecule has 1 atom stereocenters. The molecule has 0 saturated heterocycles. The number of thiazole rings is 2. The molecular formula is C17H15N3OS2. The Morgan fingerprint density at radius 1 is 1.26 bits per heavy atom. The van der Waals surface area contributed by atoms with Crippen molar-refractivity contribution in [2.75, 3.05) is 0 Å². The third-order valence-electron chi connectivity index (χ3n) is 3.18. The average Bonchev–Trinajstić information content (AvgIpc) is 3.25. The summed E-state index contributed by atoms with van der Waals surface area (Å²) >= 11 is 3.05. The van der Waals surface area contributed by atoms with Crippen LogP contribution < -0.4 is 5.32 Å². The number of hydrogen-bond donors (Lipinski definition) is 1. The van der Waals surface area contributed by atoms with Crippen LogP contribution in [0.3, 0.4) is 0 Å². The molecule has 3 rings (SSSR count). The number of hydrogen-bond acceptors (Lipinski definition) is 5. The van der Waals surface area contributed by atoms with Gasteiger partial charge in [0.25, 0.3) is 0 Å². The van der Waals surface area contributed by atoms with E-state index in [1.165, 1.54) is 17.4 Å². The van der Waals surface area contributed by atoms with Gasteiger partial charge in [-0.1, -0.05) is 30.3 Å². The van der Waals surface area contributed by atoms with Crippen LogP contribution in [0.2, 0.25) is 0 Å². The Balaban J connectivity index is 1.63. The number of aromatic nitrogens is 2. The predicted octanol–water partition coefficient (Wildman–Crippen LogP) is 4.16. The van der Waals surface area contributed by atoms with E-state index in [1.807, 2.05) is 48.0 Å². The minimum absolute atomic E-state index is 0.134. The Kier molecular flexibility index (Phi) is 4.95. The van der Waals surface area contributed by atoms with Crippen molar-refractivity contribution in [1.29, 1.82) is 0 Å². The van der Waals surface area contributed by atoms with Crippen molar-refractivity contribution in [1.82, 2.24) is 15.3 Å². The quantitative estimate of drug-likeness (QED) is 0.709. The summed E-state index contributed by atoms with van der Waals surface area (Å²) in [6.07, 6.45) is 3.20. The first kappa shape index (κ1) is 15.6. The zero-order chi connectivity index (χ0) is 16.1. The predicted molar refractivity (Wildman–Crippen MR) is 95.3 cm³/mol. The van der Waals surface area contributed by atoms with Gasteiger partial charge in [-0.05, 0) is 13.0 Å². The maximum absolute atomic E-state index is 12.0. The van der Waals surface area contributed by atoms with E-state index in [2.05, 4.69) is 15.3 Å². The first-order valence-electron chi connectivity index (χ1n) is 7.10. The summed E-state index contributed by atoms with van der Waals surface area (Å²) in [4.78, 5) is 20.7. The van der Waals surface area contributed by atoms with E-state index >= 15 is 0 Å². The second-order valence-electron chi connectivity index (χ2n) is 4.91. The minimum atomic E-state index is -0.151. The molecule has 23 heavy (non-hydrogen) atoms. The molecule has 1 amide bonds. The van der Waals surface area contributed by atoms with Crippen LogP contribution in [0.1, 0.15) is 23.7 Å². The number of nitrogens with one attached hydrogen (secondary N) is 1. The molecule has 0 spiro atoms. The van der Waals surface area contributed by atoms with E-state index in [4.69, 9.17) is 0 Å². The van der Waals surface area contributed by atoms with Crippen LogP contribution in [0.5, 0.6) is 0 Å². The fourth-order valence-electron chi connectivity index (χ4n) is 2.02. The number of amides is 1. The van der Waals surface area contributed by atoms with Crippen molar-refractivity contribution in [3.05, 3.63) is 63.4 Å². The molecule has 1 N–H and O–H groups in total. The van der Waals surface area contributed by atoms with Crippen LogP contribution in [0.15, 0.2) is 52.7 Å². The van der Waals surface area contributed by atoms with Crippen LogP contribution >= 0.6 is 22.7 Å². The monoisotopic (exact) mass is 341 g/mol. The summed E-state index contributed by atoms with van der Waals surface area (Å²) in [7, 11) is 0. The minimum Gasteiger partial charge on any atom is -0.344 e. The molecule has 0 fully saturated rings. The zero-order valence-corrected chi connectivity index (χ0v) is 14.1. The fraction of sp³-hybridized carbons (Fsp3) is 0.118. The van der Waals surface area contributed by atoms with E-state index in [9.17, 15) is 4.79 Å². The van der Waals surface area contributed by atoms with Crippen LogP contribution in [-0.4, -0.2) is 15.9 Å². The molecule has 0 aliphatic rings. The Morgan fingerprint density at radius 2 is 2.09 bits per heavy atom. The molecular weight excluding hydrogens is 326 g/mol. The lowest BCUT2D eigenvalue weighted by molar-refractivity contribution is -0.117. The van der Waals surface area contributed by atoms with Crippen molar-refractivity contribution < 1.29 is 4.79 Å². The molecule has 0 radical (unpaired) electrons. The second-order valence-corrected chi connectivity index (χ2v) is 6.52. The summed E-state index contributed by atoms with van der Waals surface area (Å²) in [5.74, 6) is -0.151. The largest absolute Gasteiger partial charge is 0.344 e. The first-order valence-corrected chi connectivity index (χ1v) is 8.92. The summed E-state index contributed by atoms with van der Waals surface area (Å²) in [5.41, 5.74) is 4.54. The van der Waals surface area contributed by atoms with Crippen LogP contribution in [0, 0.1) is 0 Å². The van der Waals surface area contributed by atoms with Crippen molar-refractivity contribution >= 4 is 34.7 Å². The van der Waals surface area contributed by atoms with Crippen LogP contribution in [0.4, 0.5) is 0 Å². The Morgan fingerprint density at radius 3 is 2.83 bits per heavy atom. The van der Waals surface area contributed by atoms with Gasteiger partial charge < -0.3 is 5.32 Å². The highest BCUT2D eigenvalue weighted by atomic mass is 32.1. The number of carbonyl (C=O) groups excluding carboxylic acids is 1. The Bertz CT molecular complexity index is 794. The van der Waals surface area contributed by atoms with Crippen LogP contribution in [-0.2, 0) is 4.79 Å². The summed E-state index contributed by atoms with van der Waals surface area (Å²) in [6, 6.07) is 9.88. The van der Waals surface area contributed by atoms with Gasteiger partial charge >= 0.3 is 0 Å². The highest BCUT2D eigenvalue weighted by molar-refractivity contribution is 7.10. The standard InChI is InChI=1S/C17H15N3OS2/c1-12(19-16(21)8-7-14-9-22-11-18-14)17-20-15(10-23-17)13-5-3-2-4-6-13/h2-12H,1H3,(H,19,21)/b8-7-/t12-/m0/s1. The van der Waals surface area contributed by atoms with E-state index in [0.29, 0.717) is 0 Å². The average molecular weight is 341 g/mol. The second kappa shape index (κ2) is 7.30. The van der Waals surface area contributed by atoms with Crippen LogP contribution in [0.25, 0.3) is 17.3 Å². The fourth-order valence-corrected chi connectivity index (χ4v) is 3.37. The molecule has 0 aliphatic heterocycles. The van der Waals surface area contributed by atoms with Gasteiger partial charge in [-0.15, -0.1) is 22.7 Å². The Hall–Kier alpha value is -2.31. The molecule has 1 aromatic carbocycles. The van der Waals surface area contributed by atoms with Gasteiger partial charge in [0.15, 0.2) is 0 Å². The number of nitrogens with zero attached hydrogens (tertiary/aromatic N) is 2. The molecule has 3 aromatic rings. The third-order valence-corrected chi connectivity index (χ3v) is 4.81. The van der Waals surface area contributed by atoms with E-state index in [1.54, 1.807) is 22.9 Å². The summed E-state index contributed by atoms with van der Waals surface area (Å²) < 4.78 is 0. The zero-order valence-electron chi connectivity index (χ0n) is 12.5. The summed E-state index contributed by atoms with van der Waals surface area (Å²) in [6.45, 7) is 1.93. The normalized spacial score (nSPS) is 12.4. The molecule has 0 aliphatic carbocycles. The van der Waals surface area contributed by atoms with Gasteiger partial charge in [0, 0.05) is 22.4 Å².